The predicted molar refractivity (Wildman–Crippen MR) is 82.8 cm³/mol. The molecule has 2 heteroatoms. The van der Waals surface area contributed by atoms with E-state index in [2.05, 4.69) is 4.90 Å². The summed E-state index contributed by atoms with van der Waals surface area (Å²) in [5.41, 5.74) is 0. The third-order valence-electron chi connectivity index (χ3n) is 5.87. The van der Waals surface area contributed by atoms with Crippen LogP contribution in [0.15, 0.2) is 0 Å². The van der Waals surface area contributed by atoms with Crippen molar-refractivity contribution >= 4 is 5.78 Å². The Morgan fingerprint density at radius 1 is 0.650 bits per heavy atom. The van der Waals surface area contributed by atoms with E-state index in [0.717, 1.165) is 31.3 Å². The summed E-state index contributed by atoms with van der Waals surface area (Å²) < 4.78 is 0. The Hall–Kier alpha value is -0.370. The Kier molecular flexibility index (Phi) is 5.14. The lowest BCUT2D eigenvalue weighted by atomic mass is 9.84. The van der Waals surface area contributed by atoms with Crippen molar-refractivity contribution in [1.29, 1.82) is 0 Å². The second-order valence-electron chi connectivity index (χ2n) is 7.32. The van der Waals surface area contributed by atoms with Gasteiger partial charge in [0.2, 0.25) is 0 Å². The van der Waals surface area contributed by atoms with E-state index < -0.39 is 0 Å². The van der Waals surface area contributed by atoms with Gasteiger partial charge in [-0.3, -0.25) is 9.69 Å². The highest BCUT2D eigenvalue weighted by atomic mass is 16.1. The van der Waals surface area contributed by atoms with Crippen LogP contribution < -0.4 is 0 Å². The minimum absolute atomic E-state index is 0.526. The molecule has 0 aromatic rings. The van der Waals surface area contributed by atoms with E-state index in [1.165, 1.54) is 70.6 Å². The maximum absolute atomic E-state index is 11.9. The summed E-state index contributed by atoms with van der Waals surface area (Å²) in [5.74, 6) is 0.526. The Morgan fingerprint density at radius 3 is 1.65 bits per heavy atom. The van der Waals surface area contributed by atoms with Crippen LogP contribution in [0, 0.1) is 0 Å². The molecule has 3 fully saturated rings. The predicted octanol–water partition coefficient (Wildman–Crippen LogP) is 4.47. The fourth-order valence-corrected chi connectivity index (χ4v) is 4.91. The molecule has 0 radical (unpaired) electrons. The zero-order chi connectivity index (χ0) is 13.8. The van der Waals surface area contributed by atoms with Crippen molar-refractivity contribution in [3.63, 3.8) is 0 Å². The van der Waals surface area contributed by atoms with Crippen LogP contribution in [0.3, 0.4) is 0 Å². The number of nitrogens with zero attached hydrogens (tertiary/aromatic N) is 1. The Balaban J connectivity index is 1.72. The van der Waals surface area contributed by atoms with Gasteiger partial charge < -0.3 is 0 Å². The molecule has 114 valence electrons. The van der Waals surface area contributed by atoms with Crippen molar-refractivity contribution in [2.75, 3.05) is 0 Å². The van der Waals surface area contributed by atoms with E-state index in [1.807, 2.05) is 0 Å². The summed E-state index contributed by atoms with van der Waals surface area (Å²) in [5, 5.41) is 0. The standard InChI is InChI=1S/C18H31NO/c20-18-13-7-12-17(14-18)19(15-8-3-1-4-9-15)16-10-5-2-6-11-16/h15-17H,1-14H2. The maximum Gasteiger partial charge on any atom is 0.134 e. The minimum Gasteiger partial charge on any atom is -0.300 e. The molecule has 3 aliphatic carbocycles. The monoisotopic (exact) mass is 277 g/mol. The van der Waals surface area contributed by atoms with Gasteiger partial charge in [-0.05, 0) is 38.5 Å². The number of carbonyl (C=O) groups is 1. The lowest BCUT2D eigenvalue weighted by molar-refractivity contribution is -0.123. The summed E-state index contributed by atoms with van der Waals surface area (Å²) >= 11 is 0. The Morgan fingerprint density at radius 2 is 1.15 bits per heavy atom. The molecule has 1 atom stereocenters. The molecule has 1 unspecified atom stereocenters. The first kappa shape index (κ1) is 14.6. The molecule has 0 saturated heterocycles. The molecule has 0 amide bonds. The number of ketones is 1. The van der Waals surface area contributed by atoms with Gasteiger partial charge in [0, 0.05) is 31.0 Å². The van der Waals surface area contributed by atoms with Crippen LogP contribution >= 0.6 is 0 Å². The van der Waals surface area contributed by atoms with E-state index >= 15 is 0 Å². The van der Waals surface area contributed by atoms with Crippen molar-refractivity contribution < 1.29 is 4.79 Å². The minimum atomic E-state index is 0.526. The molecule has 3 saturated carbocycles. The van der Waals surface area contributed by atoms with Gasteiger partial charge in [0.05, 0.1) is 0 Å². The summed E-state index contributed by atoms with van der Waals surface area (Å²) in [4.78, 5) is 14.8. The highest BCUT2D eigenvalue weighted by Gasteiger charge is 2.35. The zero-order valence-corrected chi connectivity index (χ0v) is 13.0. The van der Waals surface area contributed by atoms with Crippen LogP contribution in [-0.2, 0) is 4.79 Å². The molecular formula is C18H31NO. The highest BCUT2D eigenvalue weighted by Crippen LogP contribution is 2.35. The van der Waals surface area contributed by atoms with Crippen molar-refractivity contribution in [3.8, 4) is 0 Å². The van der Waals surface area contributed by atoms with Gasteiger partial charge in [0.1, 0.15) is 5.78 Å². The summed E-state index contributed by atoms with van der Waals surface area (Å²) in [6.45, 7) is 0. The van der Waals surface area contributed by atoms with E-state index in [9.17, 15) is 4.79 Å². The van der Waals surface area contributed by atoms with Gasteiger partial charge in [-0.2, -0.15) is 0 Å². The number of carbonyl (C=O) groups excluding carboxylic acids is 1. The van der Waals surface area contributed by atoms with Crippen molar-refractivity contribution in [2.45, 2.75) is 108 Å². The lowest BCUT2D eigenvalue weighted by Gasteiger charge is -2.47. The smallest absolute Gasteiger partial charge is 0.134 e. The molecule has 0 aromatic carbocycles. The van der Waals surface area contributed by atoms with Gasteiger partial charge >= 0.3 is 0 Å². The Bertz CT molecular complexity index is 297. The van der Waals surface area contributed by atoms with Gasteiger partial charge in [0.25, 0.3) is 0 Å². The molecule has 2 nitrogen and oxygen atoms in total. The molecule has 0 aromatic heterocycles. The van der Waals surface area contributed by atoms with Crippen molar-refractivity contribution in [1.82, 2.24) is 4.90 Å². The largest absolute Gasteiger partial charge is 0.300 e. The van der Waals surface area contributed by atoms with E-state index in [1.54, 1.807) is 0 Å². The summed E-state index contributed by atoms with van der Waals surface area (Å²) in [6, 6.07) is 2.17. The van der Waals surface area contributed by atoms with E-state index in [4.69, 9.17) is 0 Å². The van der Waals surface area contributed by atoms with Gasteiger partial charge in [-0.25, -0.2) is 0 Å². The second-order valence-corrected chi connectivity index (χ2v) is 7.32. The molecule has 0 N–H and O–H groups in total. The van der Waals surface area contributed by atoms with Crippen LogP contribution in [-0.4, -0.2) is 28.8 Å². The third-order valence-corrected chi connectivity index (χ3v) is 5.87. The van der Waals surface area contributed by atoms with Crippen molar-refractivity contribution in [3.05, 3.63) is 0 Å². The normalized spacial score (nSPS) is 30.9. The molecule has 20 heavy (non-hydrogen) atoms. The molecular weight excluding hydrogens is 246 g/mol. The lowest BCUT2D eigenvalue weighted by Crippen LogP contribution is -2.52. The van der Waals surface area contributed by atoms with Crippen LogP contribution in [0.5, 0.6) is 0 Å². The molecule has 0 aliphatic heterocycles. The summed E-state index contributed by atoms with van der Waals surface area (Å²) in [7, 11) is 0. The maximum atomic E-state index is 11.9. The second kappa shape index (κ2) is 7.06. The van der Waals surface area contributed by atoms with E-state index in [0.29, 0.717) is 11.8 Å². The number of hydrogen-bond acceptors (Lipinski definition) is 2. The average Bonchev–Trinajstić information content (AvgIpc) is 2.50. The Labute approximate surface area is 124 Å². The molecule has 0 heterocycles. The SMILES string of the molecule is O=C1CCCC(N(C2CCCCC2)C2CCCCC2)C1. The average molecular weight is 277 g/mol. The number of Topliss-reactive ketones (excluding diaryl/α,β-unsaturated/α-hetero) is 1. The third kappa shape index (κ3) is 3.44. The quantitative estimate of drug-likeness (QED) is 0.759. The molecule has 3 aliphatic rings. The van der Waals surface area contributed by atoms with Crippen LogP contribution in [0.2, 0.25) is 0 Å². The topological polar surface area (TPSA) is 20.3 Å². The first-order valence-corrected chi connectivity index (χ1v) is 9.14. The van der Waals surface area contributed by atoms with Gasteiger partial charge in [0.15, 0.2) is 0 Å². The van der Waals surface area contributed by atoms with Crippen molar-refractivity contribution in [2.24, 2.45) is 0 Å². The van der Waals surface area contributed by atoms with Gasteiger partial charge in [-0.1, -0.05) is 38.5 Å². The fraction of sp³-hybridized carbons (Fsp3) is 0.944. The molecule has 0 spiro atoms. The highest BCUT2D eigenvalue weighted by molar-refractivity contribution is 5.79. The molecule has 3 rings (SSSR count). The first-order chi connectivity index (χ1) is 9.84. The fourth-order valence-electron chi connectivity index (χ4n) is 4.91. The zero-order valence-electron chi connectivity index (χ0n) is 13.0. The van der Waals surface area contributed by atoms with E-state index in [-0.39, 0.29) is 0 Å². The summed E-state index contributed by atoms with van der Waals surface area (Å²) in [6.07, 6.45) is 18.2. The van der Waals surface area contributed by atoms with Crippen LogP contribution in [0.25, 0.3) is 0 Å². The number of rotatable bonds is 3. The van der Waals surface area contributed by atoms with Gasteiger partial charge in [-0.15, -0.1) is 0 Å². The van der Waals surface area contributed by atoms with Crippen LogP contribution in [0.1, 0.15) is 89.9 Å². The molecule has 0 bridgehead atoms. The van der Waals surface area contributed by atoms with Crippen LogP contribution in [0.4, 0.5) is 0 Å². The first-order valence-electron chi connectivity index (χ1n) is 9.14. The number of hydrogen-bond donors (Lipinski definition) is 0.